The number of hydrogen-bond acceptors (Lipinski definition) is 5. The van der Waals surface area contributed by atoms with Gasteiger partial charge in [-0.15, -0.1) is 0 Å². The van der Waals surface area contributed by atoms with Crippen molar-refractivity contribution in [2.24, 2.45) is 0 Å². The minimum Gasteiger partial charge on any atom is -0.497 e. The molecule has 0 aliphatic carbocycles. The first-order chi connectivity index (χ1) is 11.5. The number of benzene rings is 2. The fraction of sp³-hybridized carbons (Fsp3) is 0.133. The van der Waals surface area contributed by atoms with Gasteiger partial charge in [0.1, 0.15) is 17.7 Å². The van der Waals surface area contributed by atoms with Gasteiger partial charge < -0.3 is 14.6 Å². The van der Waals surface area contributed by atoms with Crippen LogP contribution in [0.3, 0.4) is 0 Å². The van der Waals surface area contributed by atoms with Gasteiger partial charge in [0.05, 0.1) is 17.1 Å². The Bertz CT molecular complexity index is 755. The SMILES string of the molecule is COc1ccc([N+](=O)[O-])c(NP(CC=O)c2c(Cl)cccc2Br)c1. The monoisotopic (exact) mass is 430 g/mol. The zero-order valence-electron chi connectivity index (χ0n) is 12.5. The van der Waals surface area contributed by atoms with Gasteiger partial charge in [0.15, 0.2) is 0 Å². The summed E-state index contributed by atoms with van der Waals surface area (Å²) >= 11 is 9.68. The summed E-state index contributed by atoms with van der Waals surface area (Å²) in [5.41, 5.74) is 0.177. The van der Waals surface area contributed by atoms with Gasteiger partial charge in [-0.2, -0.15) is 0 Å². The molecule has 0 fully saturated rings. The van der Waals surface area contributed by atoms with Crippen LogP contribution < -0.4 is 15.1 Å². The van der Waals surface area contributed by atoms with E-state index in [0.717, 1.165) is 16.1 Å². The van der Waals surface area contributed by atoms with Crippen molar-refractivity contribution < 1.29 is 14.5 Å². The molecule has 0 aliphatic heterocycles. The van der Waals surface area contributed by atoms with Crippen LogP contribution in [0.25, 0.3) is 0 Å². The van der Waals surface area contributed by atoms with E-state index in [0.29, 0.717) is 10.8 Å². The lowest BCUT2D eigenvalue weighted by molar-refractivity contribution is -0.383. The summed E-state index contributed by atoms with van der Waals surface area (Å²) in [7, 11) is 0.187. The van der Waals surface area contributed by atoms with Crippen LogP contribution in [0.15, 0.2) is 40.9 Å². The molecule has 6 nitrogen and oxygen atoms in total. The van der Waals surface area contributed by atoms with Crippen LogP contribution in [0.4, 0.5) is 11.4 Å². The molecule has 1 unspecified atom stereocenters. The van der Waals surface area contributed by atoms with Crippen molar-refractivity contribution in [1.82, 2.24) is 0 Å². The second-order valence-corrected chi connectivity index (χ2v) is 7.75. The highest BCUT2D eigenvalue weighted by Crippen LogP contribution is 2.43. The lowest BCUT2D eigenvalue weighted by Gasteiger charge is -2.21. The van der Waals surface area contributed by atoms with E-state index in [2.05, 4.69) is 21.0 Å². The number of halogens is 2. The van der Waals surface area contributed by atoms with Crippen molar-refractivity contribution in [2.45, 2.75) is 0 Å². The topological polar surface area (TPSA) is 81.5 Å². The summed E-state index contributed by atoms with van der Waals surface area (Å²) in [5.74, 6) is 0.474. The minimum absolute atomic E-state index is 0.0997. The molecular formula is C15H13BrClN2O4P. The molecule has 2 rings (SSSR count). The maximum absolute atomic E-state index is 11.3. The molecule has 0 spiro atoms. The normalized spacial score (nSPS) is 11.6. The highest BCUT2D eigenvalue weighted by Gasteiger charge is 2.22. The van der Waals surface area contributed by atoms with Gasteiger partial charge in [-0.05, 0) is 18.2 Å². The summed E-state index contributed by atoms with van der Waals surface area (Å²) < 4.78 is 5.86. The molecular weight excluding hydrogens is 419 g/mol. The van der Waals surface area contributed by atoms with Crippen molar-refractivity contribution in [3.8, 4) is 5.75 Å². The lowest BCUT2D eigenvalue weighted by Crippen LogP contribution is -2.14. The molecule has 1 N–H and O–H groups in total. The molecule has 0 bridgehead atoms. The molecule has 0 aromatic heterocycles. The van der Waals surface area contributed by atoms with Crippen LogP contribution in [-0.4, -0.2) is 24.5 Å². The first-order valence-corrected chi connectivity index (χ1v) is 9.42. The van der Waals surface area contributed by atoms with Gasteiger partial charge in [0, 0.05) is 36.1 Å². The van der Waals surface area contributed by atoms with Gasteiger partial charge in [-0.1, -0.05) is 33.6 Å². The van der Waals surface area contributed by atoms with Crippen molar-refractivity contribution in [3.63, 3.8) is 0 Å². The molecule has 0 amide bonds. The van der Waals surface area contributed by atoms with Crippen LogP contribution >= 0.6 is 35.6 Å². The summed E-state index contributed by atoms with van der Waals surface area (Å²) in [6.45, 7) is 0. The smallest absolute Gasteiger partial charge is 0.292 e. The number of rotatable bonds is 7. The number of nitrogens with one attached hydrogen (secondary N) is 1. The molecule has 24 heavy (non-hydrogen) atoms. The summed E-state index contributed by atoms with van der Waals surface area (Å²) in [4.78, 5) is 21.9. The van der Waals surface area contributed by atoms with Crippen LogP contribution in [0, 0.1) is 10.1 Å². The van der Waals surface area contributed by atoms with E-state index in [1.807, 2.05) is 6.07 Å². The van der Waals surface area contributed by atoms with E-state index in [1.54, 1.807) is 12.1 Å². The van der Waals surface area contributed by atoms with Crippen LogP contribution in [0.1, 0.15) is 0 Å². The van der Waals surface area contributed by atoms with Crippen LogP contribution in [-0.2, 0) is 4.79 Å². The molecule has 0 saturated heterocycles. The van der Waals surface area contributed by atoms with E-state index in [9.17, 15) is 14.9 Å². The molecule has 0 radical (unpaired) electrons. The zero-order valence-corrected chi connectivity index (χ0v) is 15.8. The number of nitrogens with zero attached hydrogens (tertiary/aromatic N) is 1. The Hall–Kier alpha value is -1.69. The fourth-order valence-corrected chi connectivity index (χ4v) is 5.32. The zero-order chi connectivity index (χ0) is 17.7. The maximum atomic E-state index is 11.3. The fourth-order valence-electron chi connectivity index (χ4n) is 2.05. The Labute approximate surface area is 153 Å². The van der Waals surface area contributed by atoms with Gasteiger partial charge >= 0.3 is 0 Å². The van der Waals surface area contributed by atoms with E-state index in [-0.39, 0.29) is 17.5 Å². The molecule has 0 heterocycles. The minimum atomic E-state index is -1.29. The standard InChI is InChI=1S/C15H13BrClN2O4P/c1-23-10-5-6-14(19(21)22)13(9-10)18-24(8-7-20)15-11(16)3-2-4-12(15)17/h2-7,9,18H,8H2,1H3. The van der Waals surface area contributed by atoms with E-state index in [4.69, 9.17) is 16.3 Å². The van der Waals surface area contributed by atoms with E-state index >= 15 is 0 Å². The van der Waals surface area contributed by atoms with E-state index < -0.39 is 13.0 Å². The number of nitro benzene ring substituents is 1. The highest BCUT2D eigenvalue weighted by molar-refractivity contribution is 9.10. The number of anilines is 1. The third kappa shape index (κ3) is 4.23. The molecule has 1 atom stereocenters. The Morgan fingerprint density at radius 1 is 1.42 bits per heavy atom. The number of carbonyl (C=O) groups is 1. The molecule has 2 aromatic carbocycles. The van der Waals surface area contributed by atoms with Gasteiger partial charge in [-0.3, -0.25) is 10.1 Å². The molecule has 2 aromatic rings. The average Bonchev–Trinajstić information content (AvgIpc) is 2.54. The number of methoxy groups -OCH3 is 1. The third-order valence-corrected chi connectivity index (χ3v) is 6.58. The van der Waals surface area contributed by atoms with Gasteiger partial charge in [0.25, 0.3) is 5.69 Å². The number of ether oxygens (including phenoxy) is 1. The molecule has 0 saturated carbocycles. The van der Waals surface area contributed by atoms with Crippen LogP contribution in [0.2, 0.25) is 5.02 Å². The largest absolute Gasteiger partial charge is 0.497 e. The predicted molar refractivity (Wildman–Crippen MR) is 99.9 cm³/mol. The van der Waals surface area contributed by atoms with Crippen molar-refractivity contribution in [1.29, 1.82) is 0 Å². The molecule has 9 heteroatoms. The van der Waals surface area contributed by atoms with E-state index in [1.165, 1.54) is 25.3 Å². The Morgan fingerprint density at radius 2 is 2.17 bits per heavy atom. The predicted octanol–water partition coefficient (Wildman–Crippen LogP) is 4.35. The highest BCUT2D eigenvalue weighted by atomic mass is 79.9. The second kappa shape index (κ2) is 8.42. The Morgan fingerprint density at radius 3 is 2.75 bits per heavy atom. The number of carbonyl (C=O) groups excluding carboxylic acids is 1. The average molecular weight is 432 g/mol. The van der Waals surface area contributed by atoms with Crippen molar-refractivity contribution >= 4 is 58.6 Å². The van der Waals surface area contributed by atoms with Crippen molar-refractivity contribution in [3.05, 3.63) is 56.0 Å². The third-order valence-electron chi connectivity index (χ3n) is 3.12. The maximum Gasteiger partial charge on any atom is 0.292 e. The number of hydrogen-bond donors (Lipinski definition) is 1. The van der Waals surface area contributed by atoms with Crippen LogP contribution in [0.5, 0.6) is 5.75 Å². The van der Waals surface area contributed by atoms with Gasteiger partial charge in [-0.25, -0.2) is 0 Å². The Balaban J connectivity index is 2.48. The molecule has 0 aliphatic rings. The quantitative estimate of drug-likeness (QED) is 0.305. The lowest BCUT2D eigenvalue weighted by atomic mass is 10.2. The Kier molecular flexibility index (Phi) is 6.54. The number of aldehydes is 1. The molecule has 126 valence electrons. The van der Waals surface area contributed by atoms with Gasteiger partial charge in [0.2, 0.25) is 0 Å². The first-order valence-electron chi connectivity index (χ1n) is 6.72. The summed E-state index contributed by atoms with van der Waals surface area (Å²) in [6, 6.07) is 9.70. The summed E-state index contributed by atoms with van der Waals surface area (Å²) in [5, 5.41) is 15.6. The van der Waals surface area contributed by atoms with Crippen molar-refractivity contribution in [2.75, 3.05) is 18.4 Å². The summed E-state index contributed by atoms with van der Waals surface area (Å²) in [6.07, 6.45) is 0.923. The number of nitro groups is 1. The first kappa shape index (κ1) is 18.6. The second-order valence-electron chi connectivity index (χ2n) is 4.60.